The van der Waals surface area contributed by atoms with Crippen LogP contribution in [0.3, 0.4) is 0 Å². The van der Waals surface area contributed by atoms with Crippen molar-refractivity contribution in [1.82, 2.24) is 14.8 Å². The topological polar surface area (TPSA) is 78.3 Å². The van der Waals surface area contributed by atoms with E-state index in [0.717, 1.165) is 16.8 Å². The quantitative estimate of drug-likeness (QED) is 0.654. The van der Waals surface area contributed by atoms with Crippen LogP contribution in [0.25, 0.3) is 0 Å². The van der Waals surface area contributed by atoms with Gasteiger partial charge in [0.05, 0.1) is 14.2 Å². The van der Waals surface area contributed by atoms with Crippen molar-refractivity contribution in [3.63, 3.8) is 0 Å². The number of carbonyl (C=O) groups excluding carboxylic acids is 1. The Morgan fingerprint density at radius 3 is 2.68 bits per heavy atom. The summed E-state index contributed by atoms with van der Waals surface area (Å²) >= 11 is 6.19. The molecule has 1 aromatic heterocycles. The van der Waals surface area contributed by atoms with Crippen molar-refractivity contribution in [2.45, 2.75) is 24.8 Å². The van der Waals surface area contributed by atoms with Crippen LogP contribution in [0.4, 0.5) is 5.95 Å². The fourth-order valence-corrected chi connectivity index (χ4v) is 4.68. The largest absolute Gasteiger partial charge is 0.493 e. The predicted molar refractivity (Wildman–Crippen MR) is 117 cm³/mol. The molecule has 2 unspecified atom stereocenters. The average Bonchev–Trinajstić information content (AvgIpc) is 3.25. The van der Waals surface area contributed by atoms with Crippen molar-refractivity contribution in [2.24, 2.45) is 0 Å². The number of nitrogens with one attached hydrogen (secondary N) is 1. The summed E-state index contributed by atoms with van der Waals surface area (Å²) in [4.78, 5) is 17.8. The summed E-state index contributed by atoms with van der Waals surface area (Å²) in [5, 5.41) is 8.40. The second-order valence-corrected chi connectivity index (χ2v) is 8.08. The molecule has 0 saturated heterocycles. The SMILES string of the molecule is COc1ccc(C2C3=C(CC(c4cccc(Cl)c4)CC3=O)Nc3ncnn32)cc1OC. The number of anilines is 1. The molecule has 1 aliphatic carbocycles. The Morgan fingerprint density at radius 1 is 1.06 bits per heavy atom. The van der Waals surface area contributed by atoms with Crippen molar-refractivity contribution in [3.8, 4) is 11.5 Å². The molecule has 2 aromatic carbocycles. The zero-order valence-electron chi connectivity index (χ0n) is 17.1. The van der Waals surface area contributed by atoms with Gasteiger partial charge in [0.15, 0.2) is 17.3 Å². The molecule has 2 heterocycles. The first-order chi connectivity index (χ1) is 15.1. The molecule has 0 radical (unpaired) electrons. The van der Waals surface area contributed by atoms with E-state index in [1.807, 2.05) is 42.5 Å². The maximum absolute atomic E-state index is 13.4. The van der Waals surface area contributed by atoms with E-state index in [9.17, 15) is 4.79 Å². The monoisotopic (exact) mass is 436 g/mol. The van der Waals surface area contributed by atoms with E-state index < -0.39 is 0 Å². The lowest BCUT2D eigenvalue weighted by Crippen LogP contribution is -2.33. The first-order valence-electron chi connectivity index (χ1n) is 9.99. The minimum atomic E-state index is -0.388. The van der Waals surface area contributed by atoms with E-state index in [1.54, 1.807) is 18.9 Å². The third-order valence-corrected chi connectivity index (χ3v) is 6.14. The van der Waals surface area contributed by atoms with Gasteiger partial charge in [-0.25, -0.2) is 4.68 Å². The number of allylic oxidation sites excluding steroid dienone is 2. The lowest BCUT2D eigenvalue weighted by molar-refractivity contribution is -0.116. The van der Waals surface area contributed by atoms with E-state index in [2.05, 4.69) is 15.4 Å². The van der Waals surface area contributed by atoms with Crippen LogP contribution in [-0.4, -0.2) is 34.8 Å². The molecular weight excluding hydrogens is 416 g/mol. The van der Waals surface area contributed by atoms with Crippen LogP contribution in [0.5, 0.6) is 11.5 Å². The van der Waals surface area contributed by atoms with Crippen LogP contribution in [0.1, 0.15) is 35.9 Å². The van der Waals surface area contributed by atoms with Gasteiger partial charge in [-0.15, -0.1) is 0 Å². The number of nitrogens with zero attached hydrogens (tertiary/aromatic N) is 3. The fourth-order valence-electron chi connectivity index (χ4n) is 4.48. The van der Waals surface area contributed by atoms with Crippen molar-refractivity contribution in [3.05, 3.63) is 76.2 Å². The summed E-state index contributed by atoms with van der Waals surface area (Å²) in [6.07, 6.45) is 2.60. The minimum absolute atomic E-state index is 0.0537. The van der Waals surface area contributed by atoms with Crippen LogP contribution in [-0.2, 0) is 4.79 Å². The fraction of sp³-hybridized carbons (Fsp3) is 0.261. The molecule has 5 rings (SSSR count). The molecule has 7 nitrogen and oxygen atoms in total. The number of Topliss-reactive ketones (excluding diaryl/α,β-unsaturated/α-hetero) is 1. The van der Waals surface area contributed by atoms with E-state index in [-0.39, 0.29) is 17.7 Å². The molecule has 0 saturated carbocycles. The standard InChI is InChI=1S/C23H21ClN4O3/c1-30-19-7-6-14(11-20(19)31-2)22-21-17(27-23-25-12-26-28(22)23)9-15(10-18(21)29)13-4-3-5-16(24)8-13/h3-8,11-12,15,22H,9-10H2,1-2H3,(H,25,26,27). The molecule has 158 valence electrons. The van der Waals surface area contributed by atoms with Crippen LogP contribution in [0.2, 0.25) is 5.02 Å². The number of carbonyl (C=O) groups is 1. The van der Waals surface area contributed by atoms with Gasteiger partial charge in [-0.1, -0.05) is 29.8 Å². The number of benzene rings is 2. The molecule has 2 aliphatic rings. The Labute approximate surface area is 184 Å². The molecule has 0 fully saturated rings. The molecule has 1 aliphatic heterocycles. The Hall–Kier alpha value is -3.32. The first kappa shape index (κ1) is 19.6. The highest BCUT2D eigenvalue weighted by Gasteiger charge is 2.39. The molecule has 3 aromatic rings. The Bertz CT molecular complexity index is 1200. The summed E-state index contributed by atoms with van der Waals surface area (Å²) in [5.74, 6) is 1.97. The zero-order chi connectivity index (χ0) is 21.5. The van der Waals surface area contributed by atoms with Gasteiger partial charge in [-0.3, -0.25) is 4.79 Å². The van der Waals surface area contributed by atoms with Crippen LogP contribution in [0, 0.1) is 0 Å². The van der Waals surface area contributed by atoms with Crippen LogP contribution in [0.15, 0.2) is 60.1 Å². The minimum Gasteiger partial charge on any atom is -0.493 e. The summed E-state index contributed by atoms with van der Waals surface area (Å²) in [6.45, 7) is 0. The normalized spacial score (nSPS) is 20.0. The third-order valence-electron chi connectivity index (χ3n) is 5.91. The molecule has 8 heteroatoms. The number of halogens is 1. The molecule has 2 atom stereocenters. The second-order valence-electron chi connectivity index (χ2n) is 7.65. The number of ether oxygens (including phenoxy) is 2. The maximum Gasteiger partial charge on any atom is 0.226 e. The number of ketones is 1. The van der Waals surface area contributed by atoms with Gasteiger partial charge in [0, 0.05) is 22.7 Å². The zero-order valence-corrected chi connectivity index (χ0v) is 17.9. The van der Waals surface area contributed by atoms with Gasteiger partial charge in [0.1, 0.15) is 12.4 Å². The number of rotatable bonds is 4. The molecule has 0 spiro atoms. The summed E-state index contributed by atoms with van der Waals surface area (Å²) in [5.41, 5.74) is 3.53. The van der Waals surface area contributed by atoms with E-state index in [0.29, 0.717) is 40.9 Å². The number of hydrogen-bond donors (Lipinski definition) is 1. The van der Waals surface area contributed by atoms with Gasteiger partial charge in [0.2, 0.25) is 5.95 Å². The highest BCUT2D eigenvalue weighted by atomic mass is 35.5. The van der Waals surface area contributed by atoms with Gasteiger partial charge >= 0.3 is 0 Å². The lowest BCUT2D eigenvalue weighted by atomic mass is 9.78. The maximum atomic E-state index is 13.4. The molecule has 31 heavy (non-hydrogen) atoms. The van der Waals surface area contributed by atoms with Crippen molar-refractivity contribution in [2.75, 3.05) is 19.5 Å². The highest BCUT2D eigenvalue weighted by Crippen LogP contribution is 2.45. The van der Waals surface area contributed by atoms with Gasteiger partial charge in [-0.2, -0.15) is 10.1 Å². The lowest BCUT2D eigenvalue weighted by Gasteiger charge is -2.35. The summed E-state index contributed by atoms with van der Waals surface area (Å²) in [6, 6.07) is 13.0. The molecule has 1 N–H and O–H groups in total. The third kappa shape index (κ3) is 3.35. The van der Waals surface area contributed by atoms with E-state index in [1.165, 1.54) is 6.33 Å². The van der Waals surface area contributed by atoms with E-state index in [4.69, 9.17) is 21.1 Å². The van der Waals surface area contributed by atoms with Crippen LogP contribution >= 0.6 is 11.6 Å². The smallest absolute Gasteiger partial charge is 0.226 e. The highest BCUT2D eigenvalue weighted by molar-refractivity contribution is 6.30. The first-order valence-corrected chi connectivity index (χ1v) is 10.4. The van der Waals surface area contributed by atoms with Crippen molar-refractivity contribution in [1.29, 1.82) is 0 Å². The van der Waals surface area contributed by atoms with Gasteiger partial charge in [0.25, 0.3) is 0 Å². The Morgan fingerprint density at radius 2 is 1.90 bits per heavy atom. The van der Waals surface area contributed by atoms with Crippen molar-refractivity contribution >= 4 is 23.3 Å². The number of hydrogen-bond acceptors (Lipinski definition) is 6. The summed E-state index contributed by atoms with van der Waals surface area (Å²) < 4.78 is 12.6. The molecule has 0 amide bonds. The number of methoxy groups -OCH3 is 2. The average molecular weight is 437 g/mol. The predicted octanol–water partition coefficient (Wildman–Crippen LogP) is 4.36. The van der Waals surface area contributed by atoms with Crippen LogP contribution < -0.4 is 14.8 Å². The van der Waals surface area contributed by atoms with Crippen molar-refractivity contribution < 1.29 is 14.3 Å². The summed E-state index contributed by atoms with van der Waals surface area (Å²) in [7, 11) is 3.19. The number of aromatic nitrogens is 3. The Kier molecular flexibility index (Phi) is 4.90. The number of fused-ring (bicyclic) bond motifs is 1. The van der Waals surface area contributed by atoms with Gasteiger partial charge < -0.3 is 14.8 Å². The second kappa shape index (κ2) is 7.74. The Balaban J connectivity index is 1.60. The van der Waals surface area contributed by atoms with Gasteiger partial charge in [-0.05, 0) is 47.7 Å². The van der Waals surface area contributed by atoms with E-state index >= 15 is 0 Å². The molecule has 0 bridgehead atoms. The molecular formula is C23H21ClN4O3.